The largest absolute Gasteiger partial charge is 0.493 e. The van der Waals surface area contributed by atoms with E-state index in [0.29, 0.717) is 19.4 Å². The van der Waals surface area contributed by atoms with Crippen molar-refractivity contribution in [3.63, 3.8) is 0 Å². The van der Waals surface area contributed by atoms with E-state index in [-0.39, 0.29) is 6.61 Å². The maximum absolute atomic E-state index is 9.65. The normalized spacial score (nSPS) is 18.3. The molecule has 0 spiro atoms. The fraction of sp³-hybridized carbons (Fsp3) is 0.647. The third-order valence-electron chi connectivity index (χ3n) is 4.54. The third kappa shape index (κ3) is 3.16. The monoisotopic (exact) mass is 291 g/mol. The van der Waals surface area contributed by atoms with Gasteiger partial charge in [0.2, 0.25) is 0 Å². The quantitative estimate of drug-likeness (QED) is 0.840. The summed E-state index contributed by atoms with van der Waals surface area (Å²) in [7, 11) is 0. The van der Waals surface area contributed by atoms with Crippen molar-refractivity contribution < 1.29 is 14.9 Å². The van der Waals surface area contributed by atoms with Crippen molar-refractivity contribution in [1.82, 2.24) is 0 Å². The first-order valence-electron chi connectivity index (χ1n) is 8.11. The molecule has 3 rings (SSSR count). The Labute approximate surface area is 126 Å². The second-order valence-corrected chi connectivity index (χ2v) is 6.05. The molecule has 1 atom stereocenters. The fourth-order valence-electron chi connectivity index (χ4n) is 3.48. The van der Waals surface area contributed by atoms with Crippen LogP contribution in [-0.2, 0) is 12.8 Å². The van der Waals surface area contributed by atoms with Crippen molar-refractivity contribution in [3.8, 4) is 5.75 Å². The second kappa shape index (κ2) is 6.67. The predicted octanol–water partition coefficient (Wildman–Crippen LogP) is 1.90. The first-order valence-corrected chi connectivity index (χ1v) is 8.11. The summed E-state index contributed by atoms with van der Waals surface area (Å²) in [6.07, 6.45) is 5.23. The van der Waals surface area contributed by atoms with E-state index in [1.165, 1.54) is 49.2 Å². The summed E-state index contributed by atoms with van der Waals surface area (Å²) in [5.41, 5.74) is 4.24. The molecule has 2 heterocycles. The Bertz CT molecular complexity index is 487. The summed E-state index contributed by atoms with van der Waals surface area (Å²) in [6.45, 7) is 2.87. The van der Waals surface area contributed by atoms with Crippen LogP contribution in [0.15, 0.2) is 12.1 Å². The molecule has 4 nitrogen and oxygen atoms in total. The molecule has 2 aliphatic heterocycles. The van der Waals surface area contributed by atoms with Gasteiger partial charge in [-0.15, -0.1) is 0 Å². The SMILES string of the molecule is OCCC(O)CCOc1ccc2c3c1CCCN3CCC2. The van der Waals surface area contributed by atoms with Crippen molar-refractivity contribution in [2.45, 2.75) is 44.6 Å². The number of ether oxygens (including phenoxy) is 1. The van der Waals surface area contributed by atoms with Crippen molar-refractivity contribution in [2.24, 2.45) is 0 Å². The van der Waals surface area contributed by atoms with Crippen LogP contribution >= 0.6 is 0 Å². The van der Waals surface area contributed by atoms with E-state index >= 15 is 0 Å². The summed E-state index contributed by atoms with van der Waals surface area (Å²) >= 11 is 0. The number of aryl methyl sites for hydroxylation is 1. The molecule has 0 aliphatic carbocycles. The first kappa shape index (κ1) is 14.7. The van der Waals surface area contributed by atoms with E-state index in [1.54, 1.807) is 0 Å². The Balaban J connectivity index is 1.70. The Morgan fingerprint density at radius 1 is 1.14 bits per heavy atom. The van der Waals surface area contributed by atoms with Crippen molar-refractivity contribution in [1.29, 1.82) is 0 Å². The molecule has 21 heavy (non-hydrogen) atoms. The van der Waals surface area contributed by atoms with Crippen LogP contribution in [0.5, 0.6) is 5.75 Å². The zero-order chi connectivity index (χ0) is 14.7. The highest BCUT2D eigenvalue weighted by atomic mass is 16.5. The summed E-state index contributed by atoms with van der Waals surface area (Å²) in [4.78, 5) is 2.51. The van der Waals surface area contributed by atoms with Gasteiger partial charge in [0.05, 0.1) is 12.7 Å². The van der Waals surface area contributed by atoms with Gasteiger partial charge in [-0.05, 0) is 43.7 Å². The van der Waals surface area contributed by atoms with Crippen LogP contribution in [0.3, 0.4) is 0 Å². The number of anilines is 1. The number of hydrogen-bond acceptors (Lipinski definition) is 4. The topological polar surface area (TPSA) is 52.9 Å². The lowest BCUT2D eigenvalue weighted by atomic mass is 9.91. The molecular weight excluding hydrogens is 266 g/mol. The molecule has 0 saturated heterocycles. The fourth-order valence-corrected chi connectivity index (χ4v) is 3.48. The minimum absolute atomic E-state index is 0.0280. The summed E-state index contributed by atoms with van der Waals surface area (Å²) in [5.74, 6) is 0.983. The van der Waals surface area contributed by atoms with Crippen molar-refractivity contribution in [2.75, 3.05) is 31.2 Å². The van der Waals surface area contributed by atoms with Gasteiger partial charge in [-0.25, -0.2) is 0 Å². The maximum atomic E-state index is 9.65. The molecule has 116 valence electrons. The van der Waals surface area contributed by atoms with Crippen LogP contribution in [0.4, 0.5) is 5.69 Å². The lowest BCUT2D eigenvalue weighted by molar-refractivity contribution is 0.108. The van der Waals surface area contributed by atoms with Crippen LogP contribution < -0.4 is 9.64 Å². The summed E-state index contributed by atoms with van der Waals surface area (Å²) in [5, 5.41) is 18.4. The van der Waals surface area contributed by atoms with Gasteiger partial charge in [0, 0.05) is 37.4 Å². The Hall–Kier alpha value is -1.26. The molecule has 0 amide bonds. The number of aliphatic hydroxyl groups excluding tert-OH is 2. The van der Waals surface area contributed by atoms with Gasteiger partial charge in [-0.1, -0.05) is 6.07 Å². The average molecular weight is 291 g/mol. The van der Waals surface area contributed by atoms with Crippen LogP contribution in [-0.4, -0.2) is 42.6 Å². The molecule has 1 unspecified atom stereocenters. The highest BCUT2D eigenvalue weighted by molar-refractivity contribution is 5.67. The van der Waals surface area contributed by atoms with E-state index in [2.05, 4.69) is 17.0 Å². The minimum Gasteiger partial charge on any atom is -0.493 e. The molecule has 2 aliphatic rings. The van der Waals surface area contributed by atoms with Crippen molar-refractivity contribution in [3.05, 3.63) is 23.3 Å². The highest BCUT2D eigenvalue weighted by Crippen LogP contribution is 2.40. The van der Waals surface area contributed by atoms with Crippen LogP contribution in [0.1, 0.15) is 36.8 Å². The predicted molar refractivity (Wildman–Crippen MR) is 83.1 cm³/mol. The molecule has 1 aromatic carbocycles. The van der Waals surface area contributed by atoms with Gasteiger partial charge in [0.1, 0.15) is 5.75 Å². The lowest BCUT2D eigenvalue weighted by Gasteiger charge is -2.37. The lowest BCUT2D eigenvalue weighted by Crippen LogP contribution is -2.34. The van der Waals surface area contributed by atoms with Gasteiger partial charge < -0.3 is 19.8 Å². The van der Waals surface area contributed by atoms with E-state index < -0.39 is 6.10 Å². The molecule has 2 N–H and O–H groups in total. The first-order chi connectivity index (χ1) is 10.3. The molecule has 4 heteroatoms. The molecular formula is C17H25NO3. The molecule has 0 aromatic heterocycles. The zero-order valence-corrected chi connectivity index (χ0v) is 12.6. The van der Waals surface area contributed by atoms with Crippen LogP contribution in [0.2, 0.25) is 0 Å². The zero-order valence-electron chi connectivity index (χ0n) is 12.6. The number of benzene rings is 1. The van der Waals surface area contributed by atoms with Gasteiger partial charge in [0.15, 0.2) is 0 Å². The second-order valence-electron chi connectivity index (χ2n) is 6.05. The number of hydrogen-bond donors (Lipinski definition) is 2. The average Bonchev–Trinajstić information content (AvgIpc) is 2.50. The Morgan fingerprint density at radius 2 is 1.95 bits per heavy atom. The van der Waals surface area contributed by atoms with Gasteiger partial charge in [-0.2, -0.15) is 0 Å². The van der Waals surface area contributed by atoms with E-state index in [0.717, 1.165) is 12.2 Å². The standard InChI is InChI=1S/C17H25NO3/c19-11-7-14(20)8-12-21-16-6-5-13-3-1-9-18-10-2-4-15(16)17(13)18/h5-6,14,19-20H,1-4,7-12H2. The molecule has 0 fully saturated rings. The highest BCUT2D eigenvalue weighted by Gasteiger charge is 2.26. The molecule has 1 aromatic rings. The number of rotatable bonds is 6. The molecule has 0 saturated carbocycles. The van der Waals surface area contributed by atoms with Gasteiger partial charge in [-0.3, -0.25) is 0 Å². The van der Waals surface area contributed by atoms with Crippen LogP contribution in [0.25, 0.3) is 0 Å². The van der Waals surface area contributed by atoms with E-state index in [9.17, 15) is 5.11 Å². The number of nitrogens with zero attached hydrogens (tertiary/aromatic N) is 1. The smallest absolute Gasteiger partial charge is 0.124 e. The minimum atomic E-state index is -0.472. The van der Waals surface area contributed by atoms with Crippen molar-refractivity contribution >= 4 is 5.69 Å². The van der Waals surface area contributed by atoms with Gasteiger partial charge in [0.25, 0.3) is 0 Å². The number of aliphatic hydroxyl groups is 2. The van der Waals surface area contributed by atoms with E-state index in [1.807, 2.05) is 0 Å². The Morgan fingerprint density at radius 3 is 2.76 bits per heavy atom. The Kier molecular flexibility index (Phi) is 4.66. The maximum Gasteiger partial charge on any atom is 0.124 e. The molecule has 0 bridgehead atoms. The molecule has 0 radical (unpaired) electrons. The summed E-state index contributed by atoms with van der Waals surface area (Å²) < 4.78 is 5.93. The third-order valence-corrected chi connectivity index (χ3v) is 4.54. The van der Waals surface area contributed by atoms with E-state index in [4.69, 9.17) is 9.84 Å². The van der Waals surface area contributed by atoms with Crippen LogP contribution in [0, 0.1) is 0 Å². The van der Waals surface area contributed by atoms with Gasteiger partial charge >= 0.3 is 0 Å². The summed E-state index contributed by atoms with van der Waals surface area (Å²) in [6, 6.07) is 4.30.